The molecule has 0 radical (unpaired) electrons. The van der Waals surface area contributed by atoms with E-state index >= 15 is 0 Å². The summed E-state index contributed by atoms with van der Waals surface area (Å²) in [4.78, 5) is 12.2. The summed E-state index contributed by atoms with van der Waals surface area (Å²) < 4.78 is 43.4. The van der Waals surface area contributed by atoms with Gasteiger partial charge >= 0.3 is 6.18 Å². The van der Waals surface area contributed by atoms with Crippen molar-refractivity contribution in [3.8, 4) is 0 Å². The zero-order valence-electron chi connectivity index (χ0n) is 12.2. The number of ether oxygens (including phenoxy) is 1. The van der Waals surface area contributed by atoms with Gasteiger partial charge in [-0.2, -0.15) is 13.2 Å². The van der Waals surface area contributed by atoms with E-state index in [1.807, 2.05) is 0 Å². The molecule has 2 N–H and O–H groups in total. The van der Waals surface area contributed by atoms with E-state index in [1.54, 1.807) is 6.07 Å². The maximum absolute atomic E-state index is 12.8. The van der Waals surface area contributed by atoms with Crippen LogP contribution in [0.2, 0.25) is 0 Å². The Hall–Kier alpha value is -1.60. The van der Waals surface area contributed by atoms with Crippen molar-refractivity contribution in [2.75, 3.05) is 26.8 Å². The van der Waals surface area contributed by atoms with Crippen molar-refractivity contribution in [1.82, 2.24) is 10.6 Å². The van der Waals surface area contributed by atoms with Crippen molar-refractivity contribution in [3.05, 3.63) is 35.4 Å². The molecule has 0 aromatic heterocycles. The molecule has 1 aliphatic heterocycles. The molecule has 1 aliphatic rings. The van der Waals surface area contributed by atoms with Crippen LogP contribution < -0.4 is 10.6 Å². The molecule has 4 nitrogen and oxygen atoms in total. The lowest BCUT2D eigenvalue weighted by atomic mass is 10.0. The zero-order chi connectivity index (χ0) is 16.2. The molecule has 7 heteroatoms. The van der Waals surface area contributed by atoms with Gasteiger partial charge in [-0.3, -0.25) is 4.79 Å². The maximum atomic E-state index is 12.8. The molecular formula is C15H19F3N2O2. The molecule has 1 fully saturated rings. The number of hydrogen-bond acceptors (Lipinski definition) is 3. The summed E-state index contributed by atoms with van der Waals surface area (Å²) in [5.74, 6) is -0.311. The predicted octanol–water partition coefficient (Wildman–Crippen LogP) is 2.12. The van der Waals surface area contributed by atoms with Gasteiger partial charge in [0.15, 0.2) is 0 Å². The second kappa shape index (κ2) is 7.11. The van der Waals surface area contributed by atoms with Gasteiger partial charge in [0.2, 0.25) is 5.91 Å². The fraction of sp³-hybridized carbons (Fsp3) is 0.533. The minimum absolute atomic E-state index is 0.118. The van der Waals surface area contributed by atoms with E-state index in [-0.39, 0.29) is 18.4 Å². The summed E-state index contributed by atoms with van der Waals surface area (Å²) in [5, 5.41) is 5.87. The molecule has 1 aromatic rings. The fourth-order valence-electron chi connectivity index (χ4n) is 2.49. The molecule has 0 bridgehead atoms. The van der Waals surface area contributed by atoms with Crippen LogP contribution in [0.4, 0.5) is 13.2 Å². The van der Waals surface area contributed by atoms with Crippen LogP contribution in [-0.4, -0.2) is 32.7 Å². The second-order valence-corrected chi connectivity index (χ2v) is 5.33. The first-order valence-electron chi connectivity index (χ1n) is 7.09. The lowest BCUT2D eigenvalue weighted by Crippen LogP contribution is -2.36. The number of amides is 1. The Balaban J connectivity index is 2.14. The molecule has 2 rings (SSSR count). The van der Waals surface area contributed by atoms with Gasteiger partial charge in [0, 0.05) is 13.7 Å². The van der Waals surface area contributed by atoms with Crippen molar-refractivity contribution in [1.29, 1.82) is 0 Å². The van der Waals surface area contributed by atoms with Gasteiger partial charge in [-0.15, -0.1) is 0 Å². The van der Waals surface area contributed by atoms with Gasteiger partial charge in [-0.25, -0.2) is 0 Å². The Kier molecular flexibility index (Phi) is 5.42. The molecule has 2 unspecified atom stereocenters. The van der Waals surface area contributed by atoms with E-state index in [0.29, 0.717) is 12.1 Å². The number of alkyl halides is 3. The van der Waals surface area contributed by atoms with E-state index in [0.717, 1.165) is 25.1 Å². The molecule has 0 aliphatic carbocycles. The highest BCUT2D eigenvalue weighted by Gasteiger charge is 2.31. The largest absolute Gasteiger partial charge is 0.416 e. The summed E-state index contributed by atoms with van der Waals surface area (Å²) in [6.45, 7) is 1.48. The lowest BCUT2D eigenvalue weighted by Gasteiger charge is -2.21. The molecule has 2 atom stereocenters. The molecule has 0 spiro atoms. The number of carbonyl (C=O) groups excluding carboxylic acids is 1. The number of benzene rings is 1. The molecule has 0 saturated carbocycles. The number of carbonyl (C=O) groups is 1. The molecular weight excluding hydrogens is 297 g/mol. The lowest BCUT2D eigenvalue weighted by molar-refractivity contribution is -0.137. The van der Waals surface area contributed by atoms with Gasteiger partial charge < -0.3 is 15.4 Å². The van der Waals surface area contributed by atoms with Gasteiger partial charge in [-0.1, -0.05) is 12.1 Å². The number of rotatable bonds is 5. The normalized spacial score (nSPS) is 19.9. The molecule has 1 heterocycles. The number of methoxy groups -OCH3 is 1. The van der Waals surface area contributed by atoms with Crippen LogP contribution in [0, 0.1) is 5.92 Å². The monoisotopic (exact) mass is 316 g/mol. The smallest absolute Gasteiger partial charge is 0.382 e. The zero-order valence-corrected chi connectivity index (χ0v) is 12.2. The fourth-order valence-corrected chi connectivity index (χ4v) is 2.49. The first-order chi connectivity index (χ1) is 10.4. The Labute approximate surface area is 127 Å². The van der Waals surface area contributed by atoms with Crippen LogP contribution in [-0.2, 0) is 15.7 Å². The number of nitrogens with one attached hydrogen (secondary N) is 2. The van der Waals surface area contributed by atoms with Crippen molar-refractivity contribution in [2.45, 2.75) is 18.6 Å². The van der Waals surface area contributed by atoms with Gasteiger partial charge in [0.1, 0.15) is 0 Å². The highest BCUT2D eigenvalue weighted by Crippen LogP contribution is 2.31. The van der Waals surface area contributed by atoms with Crippen molar-refractivity contribution in [3.63, 3.8) is 0 Å². The SMILES string of the molecule is COCC(NC(=O)C1CCNC1)c1cccc(C(F)(F)F)c1. The van der Waals surface area contributed by atoms with Crippen molar-refractivity contribution < 1.29 is 22.7 Å². The minimum atomic E-state index is -4.41. The third-order valence-corrected chi connectivity index (χ3v) is 3.70. The van der Waals surface area contributed by atoms with Crippen molar-refractivity contribution >= 4 is 5.91 Å². The summed E-state index contributed by atoms with van der Waals surface area (Å²) in [7, 11) is 1.45. The summed E-state index contributed by atoms with van der Waals surface area (Å²) in [6.07, 6.45) is -3.68. The third-order valence-electron chi connectivity index (χ3n) is 3.70. The highest BCUT2D eigenvalue weighted by molar-refractivity contribution is 5.79. The molecule has 1 saturated heterocycles. The standard InChI is InChI=1S/C15H19F3N2O2/c1-22-9-13(20-14(21)11-5-6-19-8-11)10-3-2-4-12(7-10)15(16,17)18/h2-4,7,11,13,19H,5-6,8-9H2,1H3,(H,20,21). The molecule has 1 aromatic carbocycles. The Bertz CT molecular complexity index is 514. The van der Waals surface area contributed by atoms with E-state index in [1.165, 1.54) is 13.2 Å². The number of hydrogen-bond donors (Lipinski definition) is 2. The van der Waals surface area contributed by atoms with Crippen LogP contribution in [0.5, 0.6) is 0 Å². The average Bonchev–Trinajstić information content (AvgIpc) is 3.00. The molecule has 122 valence electrons. The van der Waals surface area contributed by atoms with Gasteiger partial charge in [-0.05, 0) is 30.7 Å². The van der Waals surface area contributed by atoms with Gasteiger partial charge in [0.25, 0.3) is 0 Å². The summed E-state index contributed by atoms with van der Waals surface area (Å²) in [6, 6.07) is 4.36. The van der Waals surface area contributed by atoms with Crippen LogP contribution in [0.25, 0.3) is 0 Å². The van der Waals surface area contributed by atoms with Crippen molar-refractivity contribution in [2.24, 2.45) is 5.92 Å². The summed E-state index contributed by atoms with van der Waals surface area (Å²) >= 11 is 0. The van der Waals surface area contributed by atoms with Crippen LogP contribution >= 0.6 is 0 Å². The van der Waals surface area contributed by atoms with Crippen LogP contribution in [0.3, 0.4) is 0 Å². The van der Waals surface area contributed by atoms with E-state index in [2.05, 4.69) is 10.6 Å². The molecule has 22 heavy (non-hydrogen) atoms. The number of halogens is 3. The highest BCUT2D eigenvalue weighted by atomic mass is 19.4. The predicted molar refractivity (Wildman–Crippen MR) is 75.2 cm³/mol. The second-order valence-electron chi connectivity index (χ2n) is 5.33. The topological polar surface area (TPSA) is 50.4 Å². The quantitative estimate of drug-likeness (QED) is 0.875. The summed E-state index contributed by atoms with van der Waals surface area (Å²) in [5.41, 5.74) is -0.348. The minimum Gasteiger partial charge on any atom is -0.382 e. The first kappa shape index (κ1) is 16.8. The van der Waals surface area contributed by atoms with Crippen LogP contribution in [0.1, 0.15) is 23.6 Å². The van der Waals surface area contributed by atoms with E-state index < -0.39 is 17.8 Å². The van der Waals surface area contributed by atoms with E-state index in [4.69, 9.17) is 4.74 Å². The maximum Gasteiger partial charge on any atom is 0.416 e. The molecule has 1 amide bonds. The third kappa shape index (κ3) is 4.20. The van der Waals surface area contributed by atoms with Gasteiger partial charge in [0.05, 0.1) is 24.1 Å². The van der Waals surface area contributed by atoms with E-state index in [9.17, 15) is 18.0 Å². The Morgan fingerprint density at radius 2 is 2.27 bits per heavy atom. The average molecular weight is 316 g/mol. The Morgan fingerprint density at radius 1 is 1.50 bits per heavy atom. The first-order valence-corrected chi connectivity index (χ1v) is 7.09. The Morgan fingerprint density at radius 3 is 2.86 bits per heavy atom. The van der Waals surface area contributed by atoms with Crippen LogP contribution in [0.15, 0.2) is 24.3 Å².